The topological polar surface area (TPSA) is 32.0 Å². The van der Waals surface area contributed by atoms with Crippen molar-refractivity contribution in [3.8, 4) is 22.3 Å². The Morgan fingerprint density at radius 3 is 2.00 bits per heavy atom. The third kappa shape index (κ3) is 8.99. The Morgan fingerprint density at radius 2 is 1.29 bits per heavy atom. The summed E-state index contributed by atoms with van der Waals surface area (Å²) in [5.74, 6) is 0. The van der Waals surface area contributed by atoms with Crippen LogP contribution in [0.5, 0.6) is 0 Å². The third-order valence-corrected chi connectivity index (χ3v) is 13.3. The van der Waals surface area contributed by atoms with Crippen LogP contribution in [0.3, 0.4) is 0 Å². The van der Waals surface area contributed by atoms with Crippen LogP contribution in [0.25, 0.3) is 55.8 Å². The molecule has 0 bridgehead atoms. The standard InChI is InChI=1S/C65H57N3/c1-6-9-10-18-43-65(54-34-27-49(8-3)28-35-54)44-19-12-15-23-62(66)59-41-40-57(46-61(59)65)68(55-36-29-51(30-37-55)50-20-13-11-14-21-50)56-38-31-52(32-39-56)53-33-42-64-60(45-53)58-22-16-17-24-63(58)67(64)48(5)26-25-47(4)7-2/h6-42,45-46,66H,2-3,43-44H2,1,4-5H3/b9-6-,18-10-,19-12-,23-15-,47-25+,48-26+,66-62?. The van der Waals surface area contributed by atoms with Crippen LogP contribution in [0.15, 0.2) is 249 Å². The number of hydrogen-bond acceptors (Lipinski definition) is 2. The zero-order chi connectivity index (χ0) is 47.0. The largest absolute Gasteiger partial charge is 0.313 e. The molecule has 1 N–H and O–H groups in total. The number of aromatic nitrogens is 1. The summed E-state index contributed by atoms with van der Waals surface area (Å²) in [6, 6.07) is 59.4. The van der Waals surface area contributed by atoms with Crippen LogP contribution in [-0.2, 0) is 5.41 Å². The van der Waals surface area contributed by atoms with Crippen LogP contribution in [0, 0.1) is 5.41 Å². The number of nitrogens with zero attached hydrogens (tertiary/aromatic N) is 2. The van der Waals surface area contributed by atoms with Crippen LogP contribution in [0.1, 0.15) is 55.9 Å². The van der Waals surface area contributed by atoms with Crippen LogP contribution < -0.4 is 4.90 Å². The maximum absolute atomic E-state index is 9.44. The molecule has 0 aliphatic heterocycles. The Morgan fingerprint density at radius 1 is 0.647 bits per heavy atom. The first kappa shape index (κ1) is 44.9. The Kier molecular flexibility index (Phi) is 13.3. The van der Waals surface area contributed by atoms with Gasteiger partial charge in [-0.3, -0.25) is 0 Å². The molecule has 0 fully saturated rings. The molecule has 0 amide bonds. The van der Waals surface area contributed by atoms with Crippen LogP contribution >= 0.6 is 0 Å². The second-order valence-electron chi connectivity index (χ2n) is 17.5. The number of fused-ring (bicyclic) bond motifs is 4. The van der Waals surface area contributed by atoms with Gasteiger partial charge < -0.3 is 14.9 Å². The molecule has 1 aliphatic rings. The molecule has 68 heavy (non-hydrogen) atoms. The van der Waals surface area contributed by atoms with E-state index in [-0.39, 0.29) is 0 Å². The van der Waals surface area contributed by atoms with Crippen LogP contribution in [0.4, 0.5) is 17.1 Å². The van der Waals surface area contributed by atoms with Crippen LogP contribution in [0.2, 0.25) is 0 Å². The zero-order valence-electron chi connectivity index (χ0n) is 39.2. The maximum atomic E-state index is 9.44. The predicted molar refractivity (Wildman–Crippen MR) is 295 cm³/mol. The van der Waals surface area contributed by atoms with E-state index < -0.39 is 5.41 Å². The molecule has 9 rings (SSSR count). The van der Waals surface area contributed by atoms with E-state index in [0.717, 1.165) is 74.6 Å². The second kappa shape index (κ2) is 20.1. The van der Waals surface area contributed by atoms with Crippen molar-refractivity contribution in [2.45, 2.75) is 39.0 Å². The van der Waals surface area contributed by atoms with Gasteiger partial charge in [0.2, 0.25) is 0 Å². The minimum Gasteiger partial charge on any atom is -0.313 e. The van der Waals surface area contributed by atoms with Gasteiger partial charge in [0, 0.05) is 44.5 Å². The van der Waals surface area contributed by atoms with E-state index in [0.29, 0.717) is 5.71 Å². The number of para-hydroxylation sites is 1. The van der Waals surface area contributed by atoms with Crippen molar-refractivity contribution in [2.75, 3.05) is 4.90 Å². The molecular weight excluding hydrogens is 823 g/mol. The Labute approximate surface area is 402 Å². The lowest BCUT2D eigenvalue weighted by atomic mass is 9.67. The van der Waals surface area contributed by atoms with Gasteiger partial charge in [0.05, 0.1) is 16.7 Å². The Balaban J connectivity index is 1.19. The fourth-order valence-corrected chi connectivity index (χ4v) is 9.59. The van der Waals surface area contributed by atoms with E-state index in [1.807, 2.05) is 31.2 Å². The fraction of sp³-hybridized carbons (Fsp3) is 0.0923. The molecule has 332 valence electrons. The van der Waals surface area contributed by atoms with Gasteiger partial charge >= 0.3 is 0 Å². The molecule has 0 spiro atoms. The van der Waals surface area contributed by atoms with Gasteiger partial charge in [0.1, 0.15) is 0 Å². The highest BCUT2D eigenvalue weighted by atomic mass is 15.1. The monoisotopic (exact) mass is 879 g/mol. The van der Waals surface area contributed by atoms with Gasteiger partial charge in [-0.15, -0.1) is 0 Å². The molecule has 3 heteroatoms. The summed E-state index contributed by atoms with van der Waals surface area (Å²) < 4.78 is 2.35. The van der Waals surface area contributed by atoms with E-state index in [9.17, 15) is 5.41 Å². The summed E-state index contributed by atoms with van der Waals surface area (Å²) >= 11 is 0. The lowest BCUT2D eigenvalue weighted by molar-refractivity contribution is 0.527. The summed E-state index contributed by atoms with van der Waals surface area (Å²) in [6.45, 7) is 14.3. The smallest absolute Gasteiger partial charge is 0.0615 e. The molecule has 1 aliphatic carbocycles. The highest BCUT2D eigenvalue weighted by Gasteiger charge is 2.36. The van der Waals surface area contributed by atoms with E-state index in [4.69, 9.17) is 0 Å². The molecule has 8 aromatic rings. The highest BCUT2D eigenvalue weighted by Crippen LogP contribution is 2.46. The Hall–Kier alpha value is -8.27. The summed E-state index contributed by atoms with van der Waals surface area (Å²) in [5, 5.41) is 11.9. The van der Waals surface area contributed by atoms with Gasteiger partial charge in [-0.2, -0.15) is 0 Å². The lowest BCUT2D eigenvalue weighted by Crippen LogP contribution is -2.29. The van der Waals surface area contributed by atoms with Gasteiger partial charge in [0.15, 0.2) is 0 Å². The minimum atomic E-state index is -0.484. The van der Waals surface area contributed by atoms with Crippen molar-refractivity contribution < 1.29 is 0 Å². The number of nitrogens with one attached hydrogen (secondary N) is 1. The average Bonchev–Trinajstić information content (AvgIpc) is 3.75. The number of hydrogen-bond donors (Lipinski definition) is 1. The van der Waals surface area contributed by atoms with Gasteiger partial charge in [-0.25, -0.2) is 0 Å². The SMILES string of the molecule is C=C/C(C)=C/C=C(\C)n1c2ccccc2c2cc(-c3ccc(N(c4ccc(-c5ccccc5)cc4)c4ccc5c(c4)C(C/C=C\C=C/C)(c4ccc(C=C)cc4)C/C=C\C=C/C5=N)cc3)ccc21. The first-order chi connectivity index (χ1) is 33.3. The second-order valence-corrected chi connectivity index (χ2v) is 17.5. The van der Waals surface area contributed by atoms with Gasteiger partial charge in [-0.1, -0.05) is 189 Å². The number of benzene rings is 7. The van der Waals surface area contributed by atoms with E-state index in [1.54, 1.807) is 0 Å². The van der Waals surface area contributed by atoms with Crippen LogP contribution in [-0.4, -0.2) is 10.3 Å². The average molecular weight is 880 g/mol. The van der Waals surface area contributed by atoms with Crippen molar-refractivity contribution in [1.29, 1.82) is 5.41 Å². The van der Waals surface area contributed by atoms with E-state index in [2.05, 4.69) is 249 Å². The number of allylic oxidation sites excluding steroid dienone is 13. The summed E-state index contributed by atoms with van der Waals surface area (Å²) in [6.07, 6.45) is 26.4. The highest BCUT2D eigenvalue weighted by molar-refractivity contribution is 6.11. The molecule has 0 saturated carbocycles. The van der Waals surface area contributed by atoms with Crippen molar-refractivity contribution in [2.24, 2.45) is 0 Å². The molecule has 0 saturated heterocycles. The lowest BCUT2D eigenvalue weighted by Gasteiger charge is -2.37. The predicted octanol–water partition coefficient (Wildman–Crippen LogP) is 17.9. The maximum Gasteiger partial charge on any atom is 0.0615 e. The van der Waals surface area contributed by atoms with Gasteiger partial charge in [0.25, 0.3) is 0 Å². The molecule has 3 nitrogen and oxygen atoms in total. The molecule has 7 aromatic carbocycles. The number of anilines is 3. The minimum absolute atomic E-state index is 0.483. The van der Waals surface area contributed by atoms with Crippen molar-refractivity contribution >= 4 is 56.4 Å². The molecular formula is C65H57N3. The quantitative estimate of drug-likeness (QED) is 0.115. The number of rotatable bonds is 13. The molecule has 1 heterocycles. The third-order valence-electron chi connectivity index (χ3n) is 13.3. The van der Waals surface area contributed by atoms with Crippen molar-refractivity contribution in [3.63, 3.8) is 0 Å². The molecule has 1 aromatic heterocycles. The first-order valence-electron chi connectivity index (χ1n) is 23.5. The van der Waals surface area contributed by atoms with Crippen molar-refractivity contribution in [3.05, 3.63) is 272 Å². The Bertz CT molecular complexity index is 3330. The van der Waals surface area contributed by atoms with Gasteiger partial charge in [-0.05, 0) is 139 Å². The van der Waals surface area contributed by atoms with Crippen molar-refractivity contribution in [1.82, 2.24) is 4.57 Å². The summed E-state index contributed by atoms with van der Waals surface area (Å²) in [5.41, 5.74) is 16.7. The molecule has 0 radical (unpaired) electrons. The summed E-state index contributed by atoms with van der Waals surface area (Å²) in [4.78, 5) is 2.36. The normalized spacial score (nSPS) is 16.4. The molecule has 1 unspecified atom stereocenters. The summed E-state index contributed by atoms with van der Waals surface area (Å²) in [7, 11) is 0. The first-order valence-corrected chi connectivity index (χ1v) is 23.5. The zero-order valence-corrected chi connectivity index (χ0v) is 39.2. The molecule has 1 atom stereocenters. The fourth-order valence-electron chi connectivity index (χ4n) is 9.59. The van der Waals surface area contributed by atoms with E-state index >= 15 is 0 Å². The van der Waals surface area contributed by atoms with E-state index in [1.165, 1.54) is 32.9 Å².